The molecule has 0 unspecified atom stereocenters. The highest BCUT2D eigenvalue weighted by Crippen LogP contribution is 2.19. The Labute approximate surface area is 145 Å². The highest BCUT2D eigenvalue weighted by molar-refractivity contribution is 5.85. The molecule has 0 aliphatic carbocycles. The van der Waals surface area contributed by atoms with Crippen LogP contribution in [-0.2, 0) is 6.42 Å². The standard InChI is InChI=1S/C18H29NO3.ClH/c20-13-16-18(22)17(21)15(19-16)12-8-3-1-2-5-9-14-10-6-4-7-11-14;/h4,6-7,10-11,15-22H,1-3,5,8-9,12-13H2;1H/t15-,16-,17-,18-;/m0./s1. The van der Waals surface area contributed by atoms with Crippen LogP contribution in [0.4, 0.5) is 0 Å². The minimum atomic E-state index is -0.846. The molecule has 2 rings (SSSR count). The van der Waals surface area contributed by atoms with E-state index in [1.165, 1.54) is 24.8 Å². The van der Waals surface area contributed by atoms with Gasteiger partial charge in [-0.25, -0.2) is 0 Å². The lowest BCUT2D eigenvalue weighted by Gasteiger charge is -2.15. The largest absolute Gasteiger partial charge is 0.395 e. The van der Waals surface area contributed by atoms with Crippen molar-refractivity contribution in [2.75, 3.05) is 6.61 Å². The Morgan fingerprint density at radius 2 is 1.43 bits per heavy atom. The van der Waals surface area contributed by atoms with Gasteiger partial charge in [0.2, 0.25) is 0 Å². The highest BCUT2D eigenvalue weighted by Gasteiger charge is 2.39. The number of halogens is 1. The smallest absolute Gasteiger partial charge is 0.0989 e. The third-order valence-electron chi connectivity index (χ3n) is 4.62. The fraction of sp³-hybridized carbons (Fsp3) is 0.667. The van der Waals surface area contributed by atoms with Crippen LogP contribution < -0.4 is 5.32 Å². The summed E-state index contributed by atoms with van der Waals surface area (Å²) in [6.45, 7) is -0.131. The van der Waals surface area contributed by atoms with E-state index < -0.39 is 12.2 Å². The lowest BCUT2D eigenvalue weighted by Crippen LogP contribution is -2.36. The topological polar surface area (TPSA) is 72.7 Å². The summed E-state index contributed by atoms with van der Waals surface area (Å²) in [7, 11) is 0. The summed E-state index contributed by atoms with van der Waals surface area (Å²) in [5.41, 5.74) is 1.41. The van der Waals surface area contributed by atoms with Crippen molar-refractivity contribution in [3.63, 3.8) is 0 Å². The number of aliphatic hydroxyl groups is 3. The summed E-state index contributed by atoms with van der Waals surface area (Å²) in [5, 5.41) is 31.9. The molecule has 1 aromatic rings. The molecule has 132 valence electrons. The van der Waals surface area contributed by atoms with Crippen LogP contribution in [0.5, 0.6) is 0 Å². The monoisotopic (exact) mass is 343 g/mol. The first-order valence-electron chi connectivity index (χ1n) is 8.49. The second-order valence-corrected chi connectivity index (χ2v) is 6.34. The first-order chi connectivity index (χ1) is 10.7. The Hall–Kier alpha value is -0.650. The Balaban J connectivity index is 0.00000264. The zero-order valence-electron chi connectivity index (χ0n) is 13.6. The van der Waals surface area contributed by atoms with Crippen molar-refractivity contribution in [1.82, 2.24) is 5.32 Å². The average Bonchev–Trinajstić information content (AvgIpc) is 2.82. The van der Waals surface area contributed by atoms with Gasteiger partial charge < -0.3 is 20.6 Å². The van der Waals surface area contributed by atoms with Gasteiger partial charge in [0.1, 0.15) is 0 Å². The molecule has 5 heteroatoms. The van der Waals surface area contributed by atoms with Gasteiger partial charge in [-0.3, -0.25) is 0 Å². The zero-order valence-corrected chi connectivity index (χ0v) is 14.4. The minimum absolute atomic E-state index is 0. The predicted molar refractivity (Wildman–Crippen MR) is 94.9 cm³/mol. The summed E-state index contributed by atoms with van der Waals surface area (Å²) in [6.07, 6.45) is 6.26. The molecule has 1 aromatic carbocycles. The van der Waals surface area contributed by atoms with Gasteiger partial charge in [0.15, 0.2) is 0 Å². The summed E-state index contributed by atoms with van der Waals surface area (Å²) >= 11 is 0. The van der Waals surface area contributed by atoms with Crippen molar-refractivity contribution >= 4 is 12.4 Å². The molecule has 0 bridgehead atoms. The Morgan fingerprint density at radius 3 is 2.09 bits per heavy atom. The van der Waals surface area contributed by atoms with Crippen LogP contribution in [0, 0.1) is 0 Å². The maximum absolute atomic E-state index is 9.90. The molecule has 4 atom stereocenters. The van der Waals surface area contributed by atoms with Crippen LogP contribution >= 0.6 is 12.4 Å². The van der Waals surface area contributed by atoms with Crippen molar-refractivity contribution in [2.24, 2.45) is 0 Å². The number of hydrogen-bond acceptors (Lipinski definition) is 4. The van der Waals surface area contributed by atoms with Crippen molar-refractivity contribution in [2.45, 2.75) is 69.2 Å². The first kappa shape index (κ1) is 20.4. The van der Waals surface area contributed by atoms with E-state index in [-0.39, 0.29) is 31.1 Å². The van der Waals surface area contributed by atoms with E-state index in [4.69, 9.17) is 5.11 Å². The zero-order chi connectivity index (χ0) is 15.8. The van der Waals surface area contributed by atoms with Gasteiger partial charge in [0.25, 0.3) is 0 Å². The van der Waals surface area contributed by atoms with Crippen LogP contribution in [0.1, 0.15) is 44.1 Å². The van der Waals surface area contributed by atoms with Gasteiger partial charge in [-0.15, -0.1) is 12.4 Å². The van der Waals surface area contributed by atoms with E-state index in [0.717, 1.165) is 25.7 Å². The maximum atomic E-state index is 9.90. The molecule has 0 spiro atoms. The number of nitrogens with one attached hydrogen (secondary N) is 1. The summed E-state index contributed by atoms with van der Waals surface area (Å²) in [5.74, 6) is 0. The van der Waals surface area contributed by atoms with E-state index in [2.05, 4.69) is 29.6 Å². The van der Waals surface area contributed by atoms with Gasteiger partial charge >= 0.3 is 0 Å². The molecule has 0 radical (unpaired) electrons. The fourth-order valence-electron chi connectivity index (χ4n) is 3.23. The molecule has 0 aromatic heterocycles. The molecular formula is C18H30ClNO3. The third-order valence-corrected chi connectivity index (χ3v) is 4.62. The third kappa shape index (κ3) is 6.40. The molecule has 4 nitrogen and oxygen atoms in total. The summed E-state index contributed by atoms with van der Waals surface area (Å²) in [6, 6.07) is 10.1. The quantitative estimate of drug-likeness (QED) is 0.518. The van der Waals surface area contributed by atoms with Crippen LogP contribution in [0.2, 0.25) is 0 Å². The molecule has 0 saturated carbocycles. The molecular weight excluding hydrogens is 314 g/mol. The normalized spacial score (nSPS) is 26.9. The van der Waals surface area contributed by atoms with Gasteiger partial charge in [-0.05, 0) is 24.8 Å². The fourth-order valence-corrected chi connectivity index (χ4v) is 3.23. The van der Waals surface area contributed by atoms with E-state index in [1.807, 2.05) is 6.07 Å². The predicted octanol–water partition coefficient (Wildman–Crippen LogP) is 2.05. The van der Waals surface area contributed by atoms with E-state index in [0.29, 0.717) is 0 Å². The van der Waals surface area contributed by atoms with Crippen molar-refractivity contribution < 1.29 is 15.3 Å². The van der Waals surface area contributed by atoms with Gasteiger partial charge in [-0.2, -0.15) is 0 Å². The molecule has 1 saturated heterocycles. The number of unbranched alkanes of at least 4 members (excludes halogenated alkanes) is 4. The summed E-state index contributed by atoms with van der Waals surface area (Å²) in [4.78, 5) is 0. The van der Waals surface area contributed by atoms with Crippen LogP contribution in [0.3, 0.4) is 0 Å². The molecule has 0 amide bonds. The van der Waals surface area contributed by atoms with Crippen LogP contribution in [-0.4, -0.2) is 46.2 Å². The van der Waals surface area contributed by atoms with E-state index in [9.17, 15) is 10.2 Å². The molecule has 4 N–H and O–H groups in total. The number of hydrogen-bond donors (Lipinski definition) is 4. The lowest BCUT2D eigenvalue weighted by molar-refractivity contribution is 0.0186. The molecule has 1 heterocycles. The van der Waals surface area contributed by atoms with Crippen LogP contribution in [0.25, 0.3) is 0 Å². The van der Waals surface area contributed by atoms with Gasteiger partial charge in [0, 0.05) is 6.04 Å². The highest BCUT2D eigenvalue weighted by atomic mass is 35.5. The summed E-state index contributed by atoms with van der Waals surface area (Å²) < 4.78 is 0. The van der Waals surface area contributed by atoms with Crippen molar-refractivity contribution in [3.8, 4) is 0 Å². The van der Waals surface area contributed by atoms with Crippen LogP contribution in [0.15, 0.2) is 30.3 Å². The number of benzene rings is 1. The van der Waals surface area contributed by atoms with Crippen molar-refractivity contribution in [1.29, 1.82) is 0 Å². The SMILES string of the molecule is Cl.OC[C@@H]1N[C@@H](CCCCCCCc2ccccc2)[C@H](O)[C@H]1O. The maximum Gasteiger partial charge on any atom is 0.0989 e. The van der Waals surface area contributed by atoms with E-state index >= 15 is 0 Å². The Kier molecular flexibility index (Phi) is 9.75. The molecule has 1 aliphatic rings. The Morgan fingerprint density at radius 1 is 0.826 bits per heavy atom. The second-order valence-electron chi connectivity index (χ2n) is 6.34. The number of aliphatic hydroxyl groups excluding tert-OH is 3. The lowest BCUT2D eigenvalue weighted by atomic mass is 10.0. The van der Waals surface area contributed by atoms with E-state index in [1.54, 1.807) is 0 Å². The number of aryl methyl sites for hydroxylation is 1. The molecule has 23 heavy (non-hydrogen) atoms. The Bertz CT molecular complexity index is 418. The second kappa shape index (κ2) is 11.0. The number of rotatable bonds is 9. The average molecular weight is 344 g/mol. The van der Waals surface area contributed by atoms with Gasteiger partial charge in [-0.1, -0.05) is 56.0 Å². The molecule has 1 fully saturated rings. The molecule has 1 aliphatic heterocycles. The first-order valence-corrected chi connectivity index (χ1v) is 8.49. The van der Waals surface area contributed by atoms with Gasteiger partial charge in [0.05, 0.1) is 24.9 Å². The van der Waals surface area contributed by atoms with Crippen molar-refractivity contribution in [3.05, 3.63) is 35.9 Å². The minimum Gasteiger partial charge on any atom is -0.395 e.